The number of hydrogen-bond donors (Lipinski definition) is 3. The summed E-state index contributed by atoms with van der Waals surface area (Å²) in [5.41, 5.74) is 9.90. The molecule has 0 aliphatic carbocycles. The van der Waals surface area contributed by atoms with E-state index in [4.69, 9.17) is 11.6 Å². The number of nitrogens with one attached hydrogen (secondary N) is 1. The van der Waals surface area contributed by atoms with Crippen molar-refractivity contribution in [3.05, 3.63) is 125 Å². The van der Waals surface area contributed by atoms with Crippen LogP contribution >= 0.6 is 11.8 Å². The molecule has 0 aromatic heterocycles. The summed E-state index contributed by atoms with van der Waals surface area (Å²) in [5.74, 6) is 6.10. The average Bonchev–Trinajstić information content (AvgIpc) is 3.06. The fraction of sp³-hybridized carbons (Fsp3) is 0.222. The van der Waals surface area contributed by atoms with Crippen molar-refractivity contribution >= 4 is 41.0 Å². The Labute approximate surface area is 280 Å². The minimum atomic E-state index is -4.39. The predicted molar refractivity (Wildman–Crippen MR) is 193 cm³/mol. The van der Waals surface area contributed by atoms with E-state index in [2.05, 4.69) is 30.8 Å². The predicted octanol–water partition coefficient (Wildman–Crippen LogP) is 9.04. The maximum atomic E-state index is 13.0. The second-order valence-corrected chi connectivity index (χ2v) is 10.9. The third-order valence-corrected chi connectivity index (χ3v) is 6.95. The molecule has 0 bridgehead atoms. The van der Waals surface area contributed by atoms with Crippen molar-refractivity contribution in [3.8, 4) is 11.1 Å². The molecule has 0 spiro atoms. The van der Waals surface area contributed by atoms with Crippen LogP contribution in [0.15, 0.2) is 119 Å². The number of hydrazine groups is 1. The molecule has 0 fully saturated rings. The van der Waals surface area contributed by atoms with Crippen LogP contribution in [0.3, 0.4) is 0 Å². The highest BCUT2D eigenvalue weighted by molar-refractivity contribution is 8.04. The number of nitrogens with zero attached hydrogens (tertiary/aromatic N) is 3. The Hall–Kier alpha value is -4.74. The van der Waals surface area contributed by atoms with Crippen LogP contribution in [-0.4, -0.2) is 19.2 Å². The lowest BCUT2D eigenvalue weighted by Gasteiger charge is -2.23. The molecule has 0 saturated carbocycles. The van der Waals surface area contributed by atoms with Gasteiger partial charge in [0.25, 0.3) is 0 Å². The van der Waals surface area contributed by atoms with Gasteiger partial charge in [0.15, 0.2) is 0 Å². The van der Waals surface area contributed by atoms with Gasteiger partial charge >= 0.3 is 6.18 Å². The highest BCUT2D eigenvalue weighted by atomic mass is 32.2. The number of benzene rings is 3. The molecular formula is C36H43F3N6OS. The molecule has 3 rings (SSSR count). The van der Waals surface area contributed by atoms with Gasteiger partial charge in [0.05, 0.1) is 22.6 Å². The van der Waals surface area contributed by atoms with Crippen LogP contribution in [-0.2, 0) is 11.0 Å². The molecular weight excluding hydrogens is 621 g/mol. The second-order valence-electron chi connectivity index (χ2n) is 10.1. The zero-order valence-corrected chi connectivity index (χ0v) is 28.0. The molecule has 1 amide bonds. The number of nitrogens with two attached hydrogens (primary N) is 2. The topological polar surface area (TPSA) is 100.0 Å². The molecule has 0 aliphatic heterocycles. The van der Waals surface area contributed by atoms with Gasteiger partial charge in [-0.3, -0.25) is 9.80 Å². The Morgan fingerprint density at radius 1 is 0.957 bits per heavy atom. The molecule has 250 valence electrons. The van der Waals surface area contributed by atoms with E-state index in [1.54, 1.807) is 30.5 Å². The van der Waals surface area contributed by atoms with E-state index in [1.807, 2.05) is 72.3 Å². The van der Waals surface area contributed by atoms with E-state index >= 15 is 0 Å². The van der Waals surface area contributed by atoms with Crippen LogP contribution in [0.1, 0.15) is 51.2 Å². The third kappa shape index (κ3) is 12.9. The molecule has 0 radical (unpaired) electrons. The summed E-state index contributed by atoms with van der Waals surface area (Å²) in [6.07, 6.45) is 4.47. The molecule has 0 saturated heterocycles. The number of rotatable bonds is 13. The molecule has 0 heterocycles. The maximum Gasteiger partial charge on any atom is 0.416 e. The van der Waals surface area contributed by atoms with Crippen molar-refractivity contribution in [2.45, 2.75) is 46.2 Å². The van der Waals surface area contributed by atoms with E-state index in [9.17, 15) is 18.0 Å². The van der Waals surface area contributed by atoms with Crippen LogP contribution in [0.5, 0.6) is 0 Å². The van der Waals surface area contributed by atoms with Gasteiger partial charge in [0, 0.05) is 31.6 Å². The normalized spacial score (nSPS) is 11.9. The van der Waals surface area contributed by atoms with Crippen molar-refractivity contribution in [1.29, 1.82) is 0 Å². The molecule has 47 heavy (non-hydrogen) atoms. The van der Waals surface area contributed by atoms with Gasteiger partial charge in [-0.15, -0.1) is 11.8 Å². The second kappa shape index (κ2) is 19.7. The molecule has 11 heteroatoms. The van der Waals surface area contributed by atoms with Crippen molar-refractivity contribution in [3.63, 3.8) is 0 Å². The SMILES string of the molecule is C=C(c1ccc(-c2ccc(C(F)(F)F)cc2)cc1)N(/N=C/CCC(=O)NC)c1ccc(N(N)/C=C(N)/C=C/S/C=C\C)cc1.CCC. The number of allylic oxidation sites excluding steroid dienone is 2. The maximum absolute atomic E-state index is 13.0. The standard InChI is InChI=1S/C33H35F3N6OS.C3H8/c1-4-21-44-22-19-29(37)23-41(38)30-15-17-31(18-16-30)42(40-20-5-6-32(43)39-3)24(2)25-7-9-26(10-8-25)27-11-13-28(14-12-27)33(34,35)36;1-3-2/h4,7-23H,2,5-6,37-38H2,1,3H3,(H,39,43);3H2,1-2H3/b21-4-,22-19+,29-23-,40-20+;. The Morgan fingerprint density at radius 2 is 1.51 bits per heavy atom. The summed E-state index contributed by atoms with van der Waals surface area (Å²) in [7, 11) is 1.58. The van der Waals surface area contributed by atoms with Crippen molar-refractivity contribution < 1.29 is 18.0 Å². The fourth-order valence-corrected chi connectivity index (χ4v) is 4.35. The molecule has 7 nitrogen and oxygen atoms in total. The summed E-state index contributed by atoms with van der Waals surface area (Å²) in [4.78, 5) is 11.7. The van der Waals surface area contributed by atoms with E-state index in [1.165, 1.54) is 35.3 Å². The van der Waals surface area contributed by atoms with Crippen molar-refractivity contribution in [2.24, 2.45) is 16.7 Å². The number of hydrazone groups is 1. The minimum absolute atomic E-state index is 0.101. The Balaban J connectivity index is 0.00000246. The number of anilines is 2. The number of thioether (sulfide) groups is 1. The first kappa shape index (κ1) is 38.4. The van der Waals surface area contributed by atoms with Gasteiger partial charge < -0.3 is 11.1 Å². The fourth-order valence-electron chi connectivity index (χ4n) is 3.87. The third-order valence-electron chi connectivity index (χ3n) is 6.23. The van der Waals surface area contributed by atoms with Gasteiger partial charge in [-0.25, -0.2) is 10.9 Å². The highest BCUT2D eigenvalue weighted by Crippen LogP contribution is 2.32. The quantitative estimate of drug-likeness (QED) is 0.0730. The zero-order chi connectivity index (χ0) is 34.8. The van der Waals surface area contributed by atoms with E-state index in [0.717, 1.165) is 23.3 Å². The van der Waals surface area contributed by atoms with Crippen molar-refractivity contribution in [2.75, 3.05) is 17.1 Å². The van der Waals surface area contributed by atoms with Crippen LogP contribution in [0.25, 0.3) is 16.8 Å². The average molecular weight is 665 g/mol. The van der Waals surface area contributed by atoms with E-state index in [-0.39, 0.29) is 12.3 Å². The number of halogens is 3. The molecule has 0 atom stereocenters. The van der Waals surface area contributed by atoms with Crippen LogP contribution < -0.4 is 26.9 Å². The Bertz CT molecular complexity index is 1530. The molecule has 5 N–H and O–H groups in total. The lowest BCUT2D eigenvalue weighted by molar-refractivity contribution is -0.137. The number of amides is 1. The Morgan fingerprint density at radius 3 is 2.04 bits per heavy atom. The summed E-state index contributed by atoms with van der Waals surface area (Å²) in [6, 6.07) is 19.6. The van der Waals surface area contributed by atoms with Crippen LogP contribution in [0.2, 0.25) is 0 Å². The smallest absolute Gasteiger partial charge is 0.397 e. The lowest BCUT2D eigenvalue weighted by Crippen LogP contribution is -2.25. The molecule has 3 aromatic carbocycles. The summed E-state index contributed by atoms with van der Waals surface area (Å²) < 4.78 is 38.9. The first-order valence-electron chi connectivity index (χ1n) is 15.0. The first-order chi connectivity index (χ1) is 22.4. The summed E-state index contributed by atoms with van der Waals surface area (Å²) in [6.45, 7) is 10.4. The van der Waals surface area contributed by atoms with Gasteiger partial charge in [-0.2, -0.15) is 18.3 Å². The number of carbonyl (C=O) groups excluding carboxylic acids is 1. The van der Waals surface area contributed by atoms with E-state index < -0.39 is 11.7 Å². The highest BCUT2D eigenvalue weighted by Gasteiger charge is 2.30. The van der Waals surface area contributed by atoms with Gasteiger partial charge in [-0.05, 0) is 83.3 Å². The summed E-state index contributed by atoms with van der Waals surface area (Å²) in [5, 5.41) is 14.0. The lowest BCUT2D eigenvalue weighted by atomic mass is 10.0. The van der Waals surface area contributed by atoms with E-state index in [0.29, 0.717) is 34.8 Å². The van der Waals surface area contributed by atoms with Gasteiger partial charge in [-0.1, -0.05) is 69.3 Å². The summed E-state index contributed by atoms with van der Waals surface area (Å²) >= 11 is 1.49. The van der Waals surface area contributed by atoms with Crippen LogP contribution in [0.4, 0.5) is 24.5 Å². The van der Waals surface area contributed by atoms with Gasteiger partial charge in [0.2, 0.25) is 5.91 Å². The Kier molecular flexibility index (Phi) is 16.1. The number of alkyl halides is 3. The molecule has 3 aromatic rings. The first-order valence-corrected chi connectivity index (χ1v) is 15.9. The number of hydrogen-bond acceptors (Lipinski definition) is 7. The monoisotopic (exact) mass is 664 g/mol. The molecule has 0 aliphatic rings. The largest absolute Gasteiger partial charge is 0.416 e. The van der Waals surface area contributed by atoms with Crippen molar-refractivity contribution in [1.82, 2.24) is 5.32 Å². The van der Waals surface area contributed by atoms with Gasteiger partial charge in [0.1, 0.15) is 0 Å². The zero-order valence-electron chi connectivity index (χ0n) is 27.2. The van der Waals surface area contributed by atoms with Crippen LogP contribution in [0, 0.1) is 0 Å². The molecule has 0 unspecified atom stereocenters. The number of carbonyl (C=O) groups is 1. The minimum Gasteiger partial charge on any atom is -0.397 e.